The van der Waals surface area contributed by atoms with Crippen LogP contribution in [0.15, 0.2) is 42.5 Å². The number of hydrogen-bond donors (Lipinski definition) is 2. The number of anilines is 1. The minimum atomic E-state index is -4.44. The first-order valence-corrected chi connectivity index (χ1v) is 9.66. The zero-order valence-corrected chi connectivity index (χ0v) is 17.3. The van der Waals surface area contributed by atoms with Gasteiger partial charge in [0, 0.05) is 25.6 Å². The zero-order valence-electron chi connectivity index (χ0n) is 17.3. The lowest BCUT2D eigenvalue weighted by Crippen LogP contribution is -2.25. The van der Waals surface area contributed by atoms with Crippen molar-refractivity contribution in [3.8, 4) is 11.5 Å². The second-order valence-corrected chi connectivity index (χ2v) is 6.87. The quantitative estimate of drug-likeness (QED) is 0.590. The van der Waals surface area contributed by atoms with Crippen molar-refractivity contribution in [3.05, 3.63) is 53.6 Å². The van der Waals surface area contributed by atoms with Crippen molar-refractivity contribution in [2.45, 2.75) is 32.4 Å². The molecule has 0 aliphatic rings. The average Bonchev–Trinajstić information content (AvgIpc) is 2.71. The molecular weight excluding hydrogens is 413 g/mol. The topological polar surface area (TPSA) is 76.7 Å². The van der Waals surface area contributed by atoms with Gasteiger partial charge >= 0.3 is 6.18 Å². The summed E-state index contributed by atoms with van der Waals surface area (Å²) < 4.78 is 46.8. The Kier molecular flexibility index (Phi) is 8.72. The van der Waals surface area contributed by atoms with E-state index in [0.717, 1.165) is 11.1 Å². The summed E-state index contributed by atoms with van der Waals surface area (Å²) in [4.78, 5) is 23.1. The third-order valence-electron chi connectivity index (χ3n) is 4.27. The normalized spacial score (nSPS) is 11.0. The van der Waals surface area contributed by atoms with Crippen molar-refractivity contribution < 1.29 is 32.2 Å². The fourth-order valence-corrected chi connectivity index (χ4v) is 2.80. The first-order valence-electron chi connectivity index (χ1n) is 9.66. The summed E-state index contributed by atoms with van der Waals surface area (Å²) in [5.41, 5.74) is 2.49. The fourth-order valence-electron chi connectivity index (χ4n) is 2.80. The Morgan fingerprint density at radius 2 is 1.65 bits per heavy atom. The maximum Gasteiger partial charge on any atom is 0.422 e. The number of alkyl halides is 3. The van der Waals surface area contributed by atoms with Gasteiger partial charge in [-0.05, 0) is 48.2 Å². The highest BCUT2D eigenvalue weighted by atomic mass is 19.4. The standard InChI is InChI=1S/C22H25F3N2O4/c1-15(28)27-18-7-3-16(4-8-18)11-12-26-21(29)10-6-17-5-9-19(20(13-17)30-2)31-14-22(23,24)25/h3-5,7-9,13H,6,10-12,14H2,1-2H3,(H,26,29)(H,27,28). The van der Waals surface area contributed by atoms with Gasteiger partial charge in [0.25, 0.3) is 0 Å². The van der Waals surface area contributed by atoms with Crippen LogP contribution in [0.3, 0.4) is 0 Å². The zero-order chi connectivity index (χ0) is 22.9. The molecule has 6 nitrogen and oxygen atoms in total. The molecule has 0 bridgehead atoms. The molecule has 31 heavy (non-hydrogen) atoms. The summed E-state index contributed by atoms with van der Waals surface area (Å²) in [5, 5.41) is 5.52. The number of methoxy groups -OCH3 is 1. The molecule has 2 N–H and O–H groups in total. The van der Waals surface area contributed by atoms with E-state index in [4.69, 9.17) is 9.47 Å². The van der Waals surface area contributed by atoms with E-state index in [1.807, 2.05) is 12.1 Å². The molecular formula is C22H25F3N2O4. The molecule has 0 aliphatic heterocycles. The van der Waals surface area contributed by atoms with Crippen LogP contribution < -0.4 is 20.1 Å². The van der Waals surface area contributed by atoms with Gasteiger partial charge in [0.05, 0.1) is 7.11 Å². The molecule has 0 heterocycles. The number of aryl methyl sites for hydroxylation is 1. The highest BCUT2D eigenvalue weighted by Crippen LogP contribution is 2.30. The number of carbonyl (C=O) groups excluding carboxylic acids is 2. The van der Waals surface area contributed by atoms with Gasteiger partial charge in [0.15, 0.2) is 18.1 Å². The predicted octanol–water partition coefficient (Wildman–Crippen LogP) is 3.89. The summed E-state index contributed by atoms with van der Waals surface area (Å²) in [7, 11) is 1.34. The summed E-state index contributed by atoms with van der Waals surface area (Å²) in [6, 6.07) is 11.9. The molecule has 2 aromatic rings. The van der Waals surface area contributed by atoms with Crippen molar-refractivity contribution in [2.24, 2.45) is 0 Å². The molecule has 0 aliphatic carbocycles. The Labute approximate surface area is 178 Å². The smallest absolute Gasteiger partial charge is 0.422 e. The maximum atomic E-state index is 12.3. The van der Waals surface area contributed by atoms with Gasteiger partial charge in [-0.2, -0.15) is 13.2 Å². The molecule has 0 spiro atoms. The fraction of sp³-hybridized carbons (Fsp3) is 0.364. The molecule has 0 saturated heterocycles. The van der Waals surface area contributed by atoms with E-state index in [-0.39, 0.29) is 29.7 Å². The highest BCUT2D eigenvalue weighted by Gasteiger charge is 2.29. The van der Waals surface area contributed by atoms with Gasteiger partial charge in [-0.15, -0.1) is 0 Å². The van der Waals surface area contributed by atoms with E-state index in [9.17, 15) is 22.8 Å². The summed E-state index contributed by atoms with van der Waals surface area (Å²) in [5.74, 6) is -0.0882. The maximum absolute atomic E-state index is 12.3. The molecule has 0 unspecified atom stereocenters. The number of benzene rings is 2. The van der Waals surface area contributed by atoms with Gasteiger partial charge in [-0.1, -0.05) is 18.2 Å². The third-order valence-corrected chi connectivity index (χ3v) is 4.27. The van der Waals surface area contributed by atoms with Gasteiger partial charge in [-0.3, -0.25) is 9.59 Å². The second-order valence-electron chi connectivity index (χ2n) is 6.87. The van der Waals surface area contributed by atoms with E-state index in [1.54, 1.807) is 24.3 Å². The first-order chi connectivity index (χ1) is 14.7. The second kappa shape index (κ2) is 11.2. The molecule has 9 heteroatoms. The Morgan fingerprint density at radius 3 is 2.26 bits per heavy atom. The van der Waals surface area contributed by atoms with E-state index < -0.39 is 12.8 Å². The van der Waals surface area contributed by atoms with Crippen LogP contribution in [0.4, 0.5) is 18.9 Å². The van der Waals surface area contributed by atoms with Gasteiger partial charge in [-0.25, -0.2) is 0 Å². The molecule has 0 aromatic heterocycles. The highest BCUT2D eigenvalue weighted by molar-refractivity contribution is 5.88. The van der Waals surface area contributed by atoms with Crippen molar-refractivity contribution in [3.63, 3.8) is 0 Å². The third kappa shape index (κ3) is 8.98. The van der Waals surface area contributed by atoms with Crippen LogP contribution in [0.2, 0.25) is 0 Å². The Hall–Kier alpha value is -3.23. The number of ether oxygens (including phenoxy) is 2. The molecule has 0 fully saturated rings. The van der Waals surface area contributed by atoms with Crippen molar-refractivity contribution >= 4 is 17.5 Å². The molecule has 0 radical (unpaired) electrons. The van der Waals surface area contributed by atoms with Crippen LogP contribution in [0.5, 0.6) is 11.5 Å². The van der Waals surface area contributed by atoms with E-state index in [2.05, 4.69) is 10.6 Å². The minimum Gasteiger partial charge on any atom is -0.493 e. The molecule has 2 rings (SSSR count). The van der Waals surface area contributed by atoms with Crippen LogP contribution in [0.25, 0.3) is 0 Å². The van der Waals surface area contributed by atoms with Gasteiger partial charge in [0.1, 0.15) is 0 Å². The van der Waals surface area contributed by atoms with Crippen LogP contribution in [-0.4, -0.2) is 38.3 Å². The largest absolute Gasteiger partial charge is 0.493 e. The number of amides is 2. The number of rotatable bonds is 10. The van der Waals surface area contributed by atoms with Gasteiger partial charge < -0.3 is 20.1 Å². The SMILES string of the molecule is COc1cc(CCC(=O)NCCc2ccc(NC(C)=O)cc2)ccc1OCC(F)(F)F. The molecule has 0 atom stereocenters. The number of carbonyl (C=O) groups is 2. The van der Waals surface area contributed by atoms with Crippen molar-refractivity contribution in [1.82, 2.24) is 5.32 Å². The number of nitrogens with one attached hydrogen (secondary N) is 2. The van der Waals surface area contributed by atoms with E-state index in [0.29, 0.717) is 25.1 Å². The van der Waals surface area contributed by atoms with Crippen LogP contribution >= 0.6 is 0 Å². The Morgan fingerprint density at radius 1 is 0.968 bits per heavy atom. The van der Waals surface area contributed by atoms with Crippen molar-refractivity contribution in [1.29, 1.82) is 0 Å². The molecule has 2 aromatic carbocycles. The number of halogens is 3. The summed E-state index contributed by atoms with van der Waals surface area (Å²) in [6.07, 6.45) is -3.15. The first kappa shape index (κ1) is 24.0. The van der Waals surface area contributed by atoms with Crippen LogP contribution in [0.1, 0.15) is 24.5 Å². The number of hydrogen-bond acceptors (Lipinski definition) is 4. The van der Waals surface area contributed by atoms with Crippen molar-refractivity contribution in [2.75, 3.05) is 25.6 Å². The lowest BCUT2D eigenvalue weighted by atomic mass is 10.1. The lowest BCUT2D eigenvalue weighted by Gasteiger charge is -2.13. The molecule has 168 valence electrons. The summed E-state index contributed by atoms with van der Waals surface area (Å²) >= 11 is 0. The van der Waals surface area contributed by atoms with E-state index in [1.165, 1.54) is 20.1 Å². The van der Waals surface area contributed by atoms with Gasteiger partial charge in [0.2, 0.25) is 11.8 Å². The van der Waals surface area contributed by atoms with Crippen LogP contribution in [0, 0.1) is 0 Å². The summed E-state index contributed by atoms with van der Waals surface area (Å²) in [6.45, 7) is 0.503. The molecule has 2 amide bonds. The minimum absolute atomic E-state index is 0.00227. The average molecular weight is 438 g/mol. The van der Waals surface area contributed by atoms with E-state index >= 15 is 0 Å². The monoisotopic (exact) mass is 438 g/mol. The van der Waals surface area contributed by atoms with Crippen LogP contribution in [-0.2, 0) is 22.4 Å². The Bertz CT molecular complexity index is 883. The molecule has 0 saturated carbocycles. The Balaban J connectivity index is 1.77. The lowest BCUT2D eigenvalue weighted by molar-refractivity contribution is -0.153. The predicted molar refractivity (Wildman–Crippen MR) is 110 cm³/mol.